The molecule has 7 nitrogen and oxygen atoms in total. The van der Waals surface area contributed by atoms with E-state index in [0.717, 1.165) is 12.1 Å². The zero-order chi connectivity index (χ0) is 16.1. The van der Waals surface area contributed by atoms with Gasteiger partial charge in [-0.1, -0.05) is 0 Å². The number of rotatable bonds is 6. The van der Waals surface area contributed by atoms with E-state index in [1.54, 1.807) is 18.5 Å². The van der Waals surface area contributed by atoms with Crippen molar-refractivity contribution in [2.75, 3.05) is 19.0 Å². The number of methoxy groups -OCH3 is 1. The van der Waals surface area contributed by atoms with Gasteiger partial charge in [-0.15, -0.1) is 11.3 Å². The lowest BCUT2D eigenvalue weighted by Crippen LogP contribution is -2.10. The zero-order valence-corrected chi connectivity index (χ0v) is 13.0. The molecular weight excluding hydrogens is 306 g/mol. The molecule has 0 amide bonds. The van der Waals surface area contributed by atoms with Crippen LogP contribution in [0.5, 0.6) is 0 Å². The van der Waals surface area contributed by atoms with E-state index in [4.69, 9.17) is 0 Å². The SMILES string of the molecule is COC(=O)c1cc(NCCc2cscn2)cc(C)c1[N+](=O)[O-]. The summed E-state index contributed by atoms with van der Waals surface area (Å²) in [4.78, 5) is 26.5. The first-order chi connectivity index (χ1) is 10.5. The van der Waals surface area contributed by atoms with Crippen molar-refractivity contribution in [3.8, 4) is 0 Å². The smallest absolute Gasteiger partial charge is 0.344 e. The number of carbonyl (C=O) groups excluding carboxylic acids is 1. The van der Waals surface area contributed by atoms with Gasteiger partial charge in [0.2, 0.25) is 0 Å². The van der Waals surface area contributed by atoms with Gasteiger partial charge in [-0.05, 0) is 19.1 Å². The van der Waals surface area contributed by atoms with Gasteiger partial charge in [0.05, 0.1) is 23.2 Å². The average Bonchev–Trinajstić information content (AvgIpc) is 2.98. The highest BCUT2D eigenvalue weighted by Gasteiger charge is 2.24. The minimum Gasteiger partial charge on any atom is -0.465 e. The Balaban J connectivity index is 2.20. The summed E-state index contributed by atoms with van der Waals surface area (Å²) in [7, 11) is 1.20. The first-order valence-corrected chi connectivity index (χ1v) is 7.45. The van der Waals surface area contributed by atoms with E-state index in [1.807, 2.05) is 5.38 Å². The Labute approximate surface area is 131 Å². The number of anilines is 1. The predicted octanol–water partition coefficient (Wildman–Crippen LogP) is 2.80. The molecule has 0 saturated heterocycles. The molecule has 0 unspecified atom stereocenters. The van der Waals surface area contributed by atoms with E-state index in [2.05, 4.69) is 15.0 Å². The molecule has 0 bridgehead atoms. The second kappa shape index (κ2) is 6.99. The summed E-state index contributed by atoms with van der Waals surface area (Å²) in [5, 5.41) is 16.2. The number of hydrogen-bond acceptors (Lipinski definition) is 7. The number of carbonyl (C=O) groups is 1. The number of benzene rings is 1. The molecule has 0 atom stereocenters. The van der Waals surface area contributed by atoms with E-state index < -0.39 is 10.9 Å². The number of nitrogens with zero attached hydrogens (tertiary/aromatic N) is 2. The standard InChI is InChI=1S/C14H15N3O4S/c1-9-5-11(15-4-3-10-7-22-8-16-10)6-12(14(18)21-2)13(9)17(19)20/h5-8,15H,3-4H2,1-2H3. The van der Waals surface area contributed by atoms with Crippen molar-refractivity contribution in [2.45, 2.75) is 13.3 Å². The molecule has 0 fully saturated rings. The van der Waals surface area contributed by atoms with E-state index in [9.17, 15) is 14.9 Å². The second-order valence-corrected chi connectivity index (χ2v) is 5.31. The zero-order valence-electron chi connectivity index (χ0n) is 12.2. The summed E-state index contributed by atoms with van der Waals surface area (Å²) in [5.41, 5.74) is 3.51. The van der Waals surface area contributed by atoms with Crippen LogP contribution in [0, 0.1) is 17.0 Å². The molecule has 22 heavy (non-hydrogen) atoms. The van der Waals surface area contributed by atoms with E-state index in [0.29, 0.717) is 17.8 Å². The molecule has 0 spiro atoms. The molecule has 1 aromatic carbocycles. The topological polar surface area (TPSA) is 94.4 Å². The fourth-order valence-corrected chi connectivity index (χ4v) is 2.68. The molecule has 0 aliphatic heterocycles. The molecule has 0 aliphatic rings. The summed E-state index contributed by atoms with van der Waals surface area (Å²) in [6.45, 7) is 2.21. The Morgan fingerprint density at radius 3 is 2.86 bits per heavy atom. The lowest BCUT2D eigenvalue weighted by molar-refractivity contribution is -0.385. The molecule has 1 N–H and O–H groups in total. The molecule has 1 aromatic heterocycles. The number of nitrogens with one attached hydrogen (secondary N) is 1. The lowest BCUT2D eigenvalue weighted by Gasteiger charge is -2.10. The molecule has 2 aromatic rings. The number of aryl methyl sites for hydroxylation is 1. The quantitative estimate of drug-likeness (QED) is 0.499. The third-order valence-corrected chi connectivity index (χ3v) is 3.72. The number of ether oxygens (including phenoxy) is 1. The van der Waals surface area contributed by atoms with Gasteiger partial charge in [-0.3, -0.25) is 10.1 Å². The van der Waals surface area contributed by atoms with Gasteiger partial charge < -0.3 is 10.1 Å². The number of nitro groups is 1. The Morgan fingerprint density at radius 1 is 1.50 bits per heavy atom. The van der Waals surface area contributed by atoms with Crippen molar-refractivity contribution < 1.29 is 14.5 Å². The number of hydrogen-bond donors (Lipinski definition) is 1. The molecule has 0 saturated carbocycles. The van der Waals surface area contributed by atoms with Crippen LogP contribution in [-0.2, 0) is 11.2 Å². The second-order valence-electron chi connectivity index (χ2n) is 4.59. The minimum atomic E-state index is -0.724. The molecule has 8 heteroatoms. The Bertz CT molecular complexity index is 686. The first kappa shape index (κ1) is 15.9. The van der Waals surface area contributed by atoms with Crippen molar-refractivity contribution in [1.82, 2.24) is 4.98 Å². The predicted molar refractivity (Wildman–Crippen MR) is 83.5 cm³/mol. The van der Waals surface area contributed by atoms with Gasteiger partial charge in [-0.2, -0.15) is 0 Å². The lowest BCUT2D eigenvalue weighted by atomic mass is 10.1. The normalized spacial score (nSPS) is 10.3. The number of thiazole rings is 1. The highest BCUT2D eigenvalue weighted by Crippen LogP contribution is 2.28. The van der Waals surface area contributed by atoms with Crippen LogP contribution in [0.3, 0.4) is 0 Å². The third kappa shape index (κ3) is 3.59. The van der Waals surface area contributed by atoms with Crippen molar-refractivity contribution in [3.63, 3.8) is 0 Å². The van der Waals surface area contributed by atoms with E-state index in [-0.39, 0.29) is 11.3 Å². The van der Waals surface area contributed by atoms with Gasteiger partial charge in [0.25, 0.3) is 5.69 Å². The van der Waals surface area contributed by atoms with Crippen LogP contribution in [-0.4, -0.2) is 29.5 Å². The van der Waals surface area contributed by atoms with Crippen LogP contribution in [0.4, 0.5) is 11.4 Å². The van der Waals surface area contributed by atoms with Crippen molar-refractivity contribution in [1.29, 1.82) is 0 Å². The summed E-state index contributed by atoms with van der Waals surface area (Å²) >= 11 is 1.53. The molecule has 116 valence electrons. The van der Waals surface area contributed by atoms with Gasteiger partial charge in [0, 0.05) is 29.6 Å². The van der Waals surface area contributed by atoms with Gasteiger partial charge in [0.15, 0.2) is 0 Å². The van der Waals surface area contributed by atoms with Crippen molar-refractivity contribution in [2.24, 2.45) is 0 Å². The largest absolute Gasteiger partial charge is 0.465 e. The molecule has 0 aliphatic carbocycles. The van der Waals surface area contributed by atoms with E-state index in [1.165, 1.54) is 24.5 Å². The van der Waals surface area contributed by atoms with Crippen LogP contribution < -0.4 is 5.32 Å². The van der Waals surface area contributed by atoms with Crippen molar-refractivity contribution >= 4 is 28.7 Å². The monoisotopic (exact) mass is 321 g/mol. The Hall–Kier alpha value is -2.48. The maximum atomic E-state index is 11.7. The van der Waals surface area contributed by atoms with E-state index >= 15 is 0 Å². The third-order valence-electron chi connectivity index (χ3n) is 3.08. The van der Waals surface area contributed by atoms with Crippen molar-refractivity contribution in [3.05, 3.63) is 50.0 Å². The molecule has 1 heterocycles. The van der Waals surface area contributed by atoms with Crippen LogP contribution in [0.15, 0.2) is 23.0 Å². The molecular formula is C14H15N3O4S. The molecule has 2 rings (SSSR count). The first-order valence-electron chi connectivity index (χ1n) is 6.51. The summed E-state index contributed by atoms with van der Waals surface area (Å²) in [6.07, 6.45) is 0.729. The van der Waals surface area contributed by atoms with Gasteiger partial charge >= 0.3 is 5.97 Å². The highest BCUT2D eigenvalue weighted by atomic mass is 32.1. The van der Waals surface area contributed by atoms with Gasteiger partial charge in [-0.25, -0.2) is 9.78 Å². The number of aromatic nitrogens is 1. The van der Waals surface area contributed by atoms with Gasteiger partial charge in [0.1, 0.15) is 5.56 Å². The van der Waals surface area contributed by atoms with Crippen LogP contribution in [0.2, 0.25) is 0 Å². The fourth-order valence-electron chi connectivity index (χ4n) is 2.09. The number of esters is 1. The maximum Gasteiger partial charge on any atom is 0.344 e. The Kier molecular flexibility index (Phi) is 5.05. The van der Waals surface area contributed by atoms with Crippen LogP contribution in [0.25, 0.3) is 0 Å². The van der Waals surface area contributed by atoms with Crippen LogP contribution in [0.1, 0.15) is 21.6 Å². The fraction of sp³-hybridized carbons (Fsp3) is 0.286. The summed E-state index contributed by atoms with van der Waals surface area (Å²) < 4.78 is 4.62. The molecule has 0 radical (unpaired) electrons. The van der Waals surface area contributed by atoms with Crippen LogP contribution >= 0.6 is 11.3 Å². The average molecular weight is 321 g/mol. The summed E-state index contributed by atoms with van der Waals surface area (Å²) in [6, 6.07) is 3.09. The maximum absolute atomic E-state index is 11.7. The summed E-state index contributed by atoms with van der Waals surface area (Å²) in [5.74, 6) is -0.724. The number of nitro benzene ring substituents is 1. The highest BCUT2D eigenvalue weighted by molar-refractivity contribution is 7.07. The Morgan fingerprint density at radius 2 is 2.27 bits per heavy atom. The minimum absolute atomic E-state index is 0.0522.